The molecule has 0 spiro atoms. The standard InChI is InChI=1S/C16H20F2/c1-12(5-10-15(17)18)11-13-6-8-14(9-7-13)16(2,3)4/h5-9,12H,11H2,1-4H3. The molecule has 1 rings (SSSR count). The second-order valence-corrected chi connectivity index (χ2v) is 5.70. The van der Waals surface area contributed by atoms with Crippen LogP contribution in [0.25, 0.3) is 0 Å². The quantitative estimate of drug-likeness (QED) is 0.655. The Morgan fingerprint density at radius 3 is 2.22 bits per heavy atom. The fourth-order valence-electron chi connectivity index (χ4n) is 1.78. The Labute approximate surface area is 108 Å². The van der Waals surface area contributed by atoms with E-state index in [1.54, 1.807) is 0 Å². The number of hydrogen-bond acceptors (Lipinski definition) is 0. The summed E-state index contributed by atoms with van der Waals surface area (Å²) in [5.41, 5.74) is 4.54. The van der Waals surface area contributed by atoms with Crippen molar-refractivity contribution >= 4 is 0 Å². The van der Waals surface area contributed by atoms with Gasteiger partial charge in [0.1, 0.15) is 0 Å². The monoisotopic (exact) mass is 250 g/mol. The molecule has 18 heavy (non-hydrogen) atoms. The lowest BCUT2D eigenvalue weighted by Crippen LogP contribution is -2.10. The molecule has 1 aromatic carbocycles. The molecule has 0 aliphatic carbocycles. The van der Waals surface area contributed by atoms with E-state index in [0.29, 0.717) is 0 Å². The molecule has 0 heterocycles. The summed E-state index contributed by atoms with van der Waals surface area (Å²) in [7, 11) is 0. The smallest absolute Gasteiger partial charge is 0.164 e. The zero-order chi connectivity index (χ0) is 13.8. The van der Waals surface area contributed by atoms with Crippen LogP contribution in [-0.2, 0) is 11.8 Å². The van der Waals surface area contributed by atoms with Crippen LogP contribution in [0.2, 0.25) is 0 Å². The van der Waals surface area contributed by atoms with Gasteiger partial charge in [0.15, 0.2) is 0 Å². The lowest BCUT2D eigenvalue weighted by atomic mass is 9.86. The second-order valence-electron chi connectivity index (χ2n) is 5.70. The van der Waals surface area contributed by atoms with Crippen LogP contribution >= 0.6 is 0 Å². The van der Waals surface area contributed by atoms with Crippen LogP contribution in [0.4, 0.5) is 8.78 Å². The van der Waals surface area contributed by atoms with Gasteiger partial charge in [-0.2, -0.15) is 8.78 Å². The van der Waals surface area contributed by atoms with Crippen molar-refractivity contribution in [2.45, 2.75) is 39.5 Å². The number of hydrogen-bond donors (Lipinski definition) is 0. The minimum absolute atomic E-state index is 0.0620. The SMILES string of the molecule is CC(C=C=C(F)F)Cc1ccc(C(C)(C)C)cc1. The molecule has 1 unspecified atom stereocenters. The maximum Gasteiger partial charge on any atom is 0.312 e. The Morgan fingerprint density at radius 1 is 1.22 bits per heavy atom. The van der Waals surface area contributed by atoms with Crippen LogP contribution in [0.1, 0.15) is 38.8 Å². The molecule has 2 heteroatoms. The lowest BCUT2D eigenvalue weighted by Gasteiger charge is -2.19. The first-order valence-electron chi connectivity index (χ1n) is 6.16. The first-order chi connectivity index (χ1) is 8.29. The van der Waals surface area contributed by atoms with Gasteiger partial charge in [0, 0.05) is 0 Å². The molecule has 0 radical (unpaired) electrons. The Kier molecular flexibility index (Phi) is 4.86. The van der Waals surface area contributed by atoms with Crippen molar-refractivity contribution in [1.82, 2.24) is 0 Å². The van der Waals surface area contributed by atoms with E-state index in [1.165, 1.54) is 11.6 Å². The van der Waals surface area contributed by atoms with E-state index in [2.05, 4.69) is 45.0 Å². The summed E-state index contributed by atoms with van der Waals surface area (Å²) in [5, 5.41) is 0. The molecule has 98 valence electrons. The first-order valence-corrected chi connectivity index (χ1v) is 6.16. The molecule has 0 amide bonds. The molecule has 0 saturated carbocycles. The minimum atomic E-state index is -1.76. The molecule has 0 saturated heterocycles. The molecule has 1 atom stereocenters. The first kappa shape index (κ1) is 14.7. The van der Waals surface area contributed by atoms with E-state index < -0.39 is 6.08 Å². The number of halogens is 2. The van der Waals surface area contributed by atoms with Gasteiger partial charge < -0.3 is 0 Å². The van der Waals surface area contributed by atoms with Crippen LogP contribution < -0.4 is 0 Å². The van der Waals surface area contributed by atoms with Gasteiger partial charge in [0.2, 0.25) is 0 Å². The zero-order valence-corrected chi connectivity index (χ0v) is 11.4. The van der Waals surface area contributed by atoms with Crippen molar-refractivity contribution in [3.63, 3.8) is 0 Å². The van der Waals surface area contributed by atoms with E-state index in [0.717, 1.165) is 12.0 Å². The summed E-state index contributed by atoms with van der Waals surface area (Å²) in [6, 6.07) is 8.36. The summed E-state index contributed by atoms with van der Waals surface area (Å²) >= 11 is 0. The third kappa shape index (κ3) is 4.85. The molecule has 0 aliphatic heterocycles. The van der Waals surface area contributed by atoms with E-state index in [-0.39, 0.29) is 11.3 Å². The van der Waals surface area contributed by atoms with Crippen molar-refractivity contribution in [2.24, 2.45) is 5.92 Å². The summed E-state index contributed by atoms with van der Waals surface area (Å²) in [6.45, 7) is 8.42. The summed E-state index contributed by atoms with van der Waals surface area (Å²) in [6.07, 6.45) is 0.419. The van der Waals surface area contributed by atoms with E-state index >= 15 is 0 Å². The van der Waals surface area contributed by atoms with Crippen LogP contribution in [0, 0.1) is 5.92 Å². The molecular weight excluding hydrogens is 230 g/mol. The fraction of sp³-hybridized carbons (Fsp3) is 0.438. The molecule has 0 bridgehead atoms. The second kappa shape index (κ2) is 5.97. The summed E-state index contributed by atoms with van der Waals surface area (Å²) < 4.78 is 23.8. The lowest BCUT2D eigenvalue weighted by molar-refractivity contribution is 0.423. The number of rotatable bonds is 3. The van der Waals surface area contributed by atoms with Gasteiger partial charge in [-0.1, -0.05) is 57.7 Å². The fourth-order valence-corrected chi connectivity index (χ4v) is 1.78. The van der Waals surface area contributed by atoms with Crippen LogP contribution in [0.3, 0.4) is 0 Å². The Morgan fingerprint density at radius 2 is 1.78 bits per heavy atom. The van der Waals surface area contributed by atoms with Gasteiger partial charge in [-0.05, 0) is 35.0 Å². The van der Waals surface area contributed by atoms with Crippen molar-refractivity contribution in [3.8, 4) is 0 Å². The topological polar surface area (TPSA) is 0 Å². The Hall–Kier alpha value is -1.40. The molecule has 0 aromatic heterocycles. The molecular formula is C16H20F2. The highest BCUT2D eigenvalue weighted by molar-refractivity contribution is 5.28. The molecule has 0 aliphatic rings. The van der Waals surface area contributed by atoms with Crippen molar-refractivity contribution in [3.05, 3.63) is 53.3 Å². The van der Waals surface area contributed by atoms with Crippen LogP contribution in [0.15, 0.2) is 42.2 Å². The van der Waals surface area contributed by atoms with Crippen molar-refractivity contribution < 1.29 is 8.78 Å². The predicted molar refractivity (Wildman–Crippen MR) is 71.8 cm³/mol. The maximum absolute atomic E-state index is 11.9. The molecule has 0 N–H and O–H groups in total. The van der Waals surface area contributed by atoms with E-state index in [1.807, 2.05) is 12.7 Å². The van der Waals surface area contributed by atoms with Gasteiger partial charge in [-0.3, -0.25) is 0 Å². The van der Waals surface area contributed by atoms with Gasteiger partial charge in [0.05, 0.1) is 0 Å². The number of allylic oxidation sites excluding steroid dienone is 1. The van der Waals surface area contributed by atoms with E-state index in [9.17, 15) is 8.78 Å². The predicted octanol–water partition coefficient (Wildman–Crippen LogP) is 5.10. The third-order valence-corrected chi connectivity index (χ3v) is 2.85. The Bertz CT molecular complexity index is 439. The highest BCUT2D eigenvalue weighted by Gasteiger charge is 2.12. The van der Waals surface area contributed by atoms with Crippen molar-refractivity contribution in [1.29, 1.82) is 0 Å². The minimum Gasteiger partial charge on any atom is -0.164 e. The van der Waals surface area contributed by atoms with Gasteiger partial charge >= 0.3 is 6.08 Å². The highest BCUT2D eigenvalue weighted by Crippen LogP contribution is 2.22. The normalized spacial score (nSPS) is 12.8. The summed E-state index contributed by atoms with van der Waals surface area (Å²) in [4.78, 5) is 0. The maximum atomic E-state index is 11.9. The van der Waals surface area contributed by atoms with Crippen molar-refractivity contribution in [2.75, 3.05) is 0 Å². The third-order valence-electron chi connectivity index (χ3n) is 2.85. The van der Waals surface area contributed by atoms with Crippen LogP contribution in [0.5, 0.6) is 0 Å². The average molecular weight is 250 g/mol. The molecule has 1 aromatic rings. The van der Waals surface area contributed by atoms with Gasteiger partial charge in [-0.15, -0.1) is 0 Å². The largest absolute Gasteiger partial charge is 0.312 e. The zero-order valence-electron chi connectivity index (χ0n) is 11.4. The van der Waals surface area contributed by atoms with Crippen LogP contribution in [-0.4, -0.2) is 0 Å². The number of benzene rings is 1. The van der Waals surface area contributed by atoms with E-state index in [4.69, 9.17) is 0 Å². The average Bonchev–Trinajstić information content (AvgIpc) is 2.26. The highest BCUT2D eigenvalue weighted by atomic mass is 19.3. The molecule has 0 fully saturated rings. The summed E-state index contributed by atoms with van der Waals surface area (Å²) in [5.74, 6) is 0.0620. The van der Waals surface area contributed by atoms with Gasteiger partial charge in [-0.25, -0.2) is 0 Å². The van der Waals surface area contributed by atoms with Gasteiger partial charge in [0.25, 0.3) is 0 Å². The molecule has 0 nitrogen and oxygen atoms in total. The Balaban J connectivity index is 2.73.